The molecule has 4 atom stereocenters. The summed E-state index contributed by atoms with van der Waals surface area (Å²) in [5.41, 5.74) is 2.93. The van der Waals surface area contributed by atoms with E-state index in [1.54, 1.807) is 23.0 Å². The Morgan fingerprint density at radius 3 is 2.77 bits per heavy atom. The van der Waals surface area contributed by atoms with E-state index in [-0.39, 0.29) is 23.9 Å². The van der Waals surface area contributed by atoms with Crippen molar-refractivity contribution in [1.29, 1.82) is 0 Å². The van der Waals surface area contributed by atoms with Gasteiger partial charge in [-0.3, -0.25) is 4.68 Å². The quantitative estimate of drug-likeness (QED) is 0.664. The number of hydrogen-bond acceptors (Lipinski definition) is 7. The van der Waals surface area contributed by atoms with Gasteiger partial charge >= 0.3 is 0 Å². The minimum atomic E-state index is -1.05. The molecule has 0 spiro atoms. The summed E-state index contributed by atoms with van der Waals surface area (Å²) in [6.07, 6.45) is 3.23. The molecule has 2 aromatic heterocycles. The molecule has 1 aromatic carbocycles. The molecule has 3 aromatic rings. The molecule has 162 valence electrons. The number of phenolic OH excluding ortho intramolecular Hbond substituents is 1. The zero-order valence-corrected chi connectivity index (χ0v) is 17.4. The predicted molar refractivity (Wildman–Crippen MR) is 115 cm³/mol. The van der Waals surface area contributed by atoms with Gasteiger partial charge in [0.2, 0.25) is 0 Å². The van der Waals surface area contributed by atoms with Crippen LogP contribution < -0.4 is 10.2 Å². The van der Waals surface area contributed by atoms with Crippen LogP contribution in [0.25, 0.3) is 22.4 Å². The molecule has 2 aliphatic heterocycles. The number of aromatic nitrogens is 4. The van der Waals surface area contributed by atoms with Crippen LogP contribution >= 0.6 is 0 Å². The van der Waals surface area contributed by atoms with E-state index in [4.69, 9.17) is 4.74 Å². The summed E-state index contributed by atoms with van der Waals surface area (Å²) in [7, 11) is 3.70. The van der Waals surface area contributed by atoms with Crippen LogP contribution in [-0.4, -0.2) is 69.6 Å². The fraction of sp³-hybridized carbons (Fsp3) is 0.409. The van der Waals surface area contributed by atoms with E-state index in [2.05, 4.69) is 20.6 Å². The largest absolute Gasteiger partial charge is 0.507 e. The first kappa shape index (κ1) is 19.9. The molecule has 9 heteroatoms. The van der Waals surface area contributed by atoms with Crippen molar-refractivity contribution >= 4 is 5.82 Å². The maximum atomic E-state index is 15.0. The summed E-state index contributed by atoms with van der Waals surface area (Å²) in [5, 5.41) is 26.6. The number of phenols is 1. The third-order valence-electron chi connectivity index (χ3n) is 6.17. The highest BCUT2D eigenvalue weighted by molar-refractivity contribution is 5.73. The van der Waals surface area contributed by atoms with Crippen molar-refractivity contribution < 1.29 is 14.2 Å². The molecule has 2 saturated heterocycles. The predicted octanol–water partition coefficient (Wildman–Crippen LogP) is 2.15. The maximum Gasteiger partial charge on any atom is 0.151 e. The number of halogens is 1. The number of hydrogen-bond donors (Lipinski definition) is 2. The molecule has 0 saturated carbocycles. The summed E-state index contributed by atoms with van der Waals surface area (Å²) in [5.74, 6) is 0.718. The molecule has 0 radical (unpaired) electrons. The van der Waals surface area contributed by atoms with E-state index in [0.29, 0.717) is 36.7 Å². The molecule has 8 nitrogen and oxygen atoms in total. The van der Waals surface area contributed by atoms with Crippen LogP contribution in [0.2, 0.25) is 0 Å². The summed E-state index contributed by atoms with van der Waals surface area (Å²) in [4.78, 5) is 1.86. The second-order valence-electron chi connectivity index (χ2n) is 8.28. The Balaban J connectivity index is 1.35. The van der Waals surface area contributed by atoms with Gasteiger partial charge in [0.15, 0.2) is 5.82 Å². The Morgan fingerprint density at radius 1 is 1.19 bits per heavy atom. The molecule has 0 aliphatic carbocycles. The number of alkyl halides is 1. The van der Waals surface area contributed by atoms with Gasteiger partial charge in [-0.05, 0) is 36.2 Å². The summed E-state index contributed by atoms with van der Waals surface area (Å²) >= 11 is 0. The van der Waals surface area contributed by atoms with Gasteiger partial charge in [-0.25, -0.2) is 4.39 Å². The Kier molecular flexibility index (Phi) is 5.07. The lowest BCUT2D eigenvalue weighted by molar-refractivity contribution is -0.0175. The normalized spacial score (nSPS) is 25.4. The number of ether oxygens (including phenoxy) is 1. The maximum absolute atomic E-state index is 15.0. The molecular weight excluding hydrogens is 399 g/mol. The van der Waals surface area contributed by atoms with Gasteiger partial charge in [-0.2, -0.15) is 5.10 Å². The van der Waals surface area contributed by atoms with Gasteiger partial charge < -0.3 is 20.1 Å². The zero-order chi connectivity index (χ0) is 21.5. The van der Waals surface area contributed by atoms with E-state index in [1.165, 1.54) is 0 Å². The minimum Gasteiger partial charge on any atom is -0.507 e. The average Bonchev–Trinajstić information content (AvgIpc) is 3.22. The molecule has 2 N–H and O–H groups in total. The standard InChI is InChI=1S/C22H25FN6O2/c1-28-10-14(9-24-28)13-3-4-16(20(30)7-13)17-5-6-21(27-26-17)29(2)19-8-15-11-31-12-18(25-15)22(19)23/h3-7,9-10,15,18-19,22,25,30H,8,11-12H2,1-2H3/t15?,18?,19-,22+/m0/s1. The monoisotopic (exact) mass is 424 g/mol. The molecule has 4 heterocycles. The van der Waals surface area contributed by atoms with Crippen molar-refractivity contribution in [3.63, 3.8) is 0 Å². The van der Waals surface area contributed by atoms with Gasteiger partial charge in [0.1, 0.15) is 11.9 Å². The number of benzene rings is 1. The van der Waals surface area contributed by atoms with E-state index < -0.39 is 6.17 Å². The first-order valence-electron chi connectivity index (χ1n) is 10.4. The molecule has 2 unspecified atom stereocenters. The van der Waals surface area contributed by atoms with Crippen molar-refractivity contribution in [1.82, 2.24) is 25.3 Å². The van der Waals surface area contributed by atoms with Gasteiger partial charge in [-0.1, -0.05) is 6.07 Å². The molecule has 0 amide bonds. The second-order valence-corrected chi connectivity index (χ2v) is 8.28. The van der Waals surface area contributed by atoms with Crippen LogP contribution in [0.5, 0.6) is 5.75 Å². The van der Waals surface area contributed by atoms with E-state index in [9.17, 15) is 9.50 Å². The summed E-state index contributed by atoms with van der Waals surface area (Å²) < 4.78 is 22.2. The minimum absolute atomic E-state index is 0.117. The third-order valence-corrected chi connectivity index (χ3v) is 6.17. The number of fused-ring (bicyclic) bond motifs is 2. The number of piperidine rings is 1. The number of rotatable bonds is 4. The lowest BCUT2D eigenvalue weighted by Crippen LogP contribution is -2.65. The fourth-order valence-corrected chi connectivity index (χ4v) is 4.44. The van der Waals surface area contributed by atoms with Crippen molar-refractivity contribution in [3.8, 4) is 28.1 Å². The lowest BCUT2D eigenvalue weighted by atomic mass is 9.90. The SMILES string of the molecule is CN(c1ccc(-c2ccc(-c3cnn(C)c3)cc2O)nn1)[C@H]1CC2COCC(N2)[C@H]1F. The Morgan fingerprint density at radius 2 is 2.06 bits per heavy atom. The Labute approximate surface area is 179 Å². The topological polar surface area (TPSA) is 88.3 Å². The molecular formula is C22H25FN6O2. The molecule has 2 aliphatic rings. The number of aromatic hydroxyl groups is 1. The first-order chi connectivity index (χ1) is 15.0. The highest BCUT2D eigenvalue weighted by Crippen LogP contribution is 2.33. The van der Waals surface area contributed by atoms with Crippen LogP contribution in [0.1, 0.15) is 6.42 Å². The molecule has 2 bridgehead atoms. The summed E-state index contributed by atoms with van der Waals surface area (Å²) in [6, 6.07) is 8.62. The second kappa shape index (κ2) is 7.90. The number of morpholine rings is 1. The van der Waals surface area contributed by atoms with Gasteiger partial charge in [0, 0.05) is 37.5 Å². The Bertz CT molecular complexity index is 1070. The highest BCUT2D eigenvalue weighted by atomic mass is 19.1. The summed E-state index contributed by atoms with van der Waals surface area (Å²) in [6.45, 7) is 0.993. The van der Waals surface area contributed by atoms with Gasteiger partial charge in [0.25, 0.3) is 0 Å². The molecule has 2 fully saturated rings. The zero-order valence-electron chi connectivity index (χ0n) is 17.4. The first-order valence-corrected chi connectivity index (χ1v) is 10.4. The van der Waals surface area contributed by atoms with Crippen LogP contribution in [0.3, 0.4) is 0 Å². The van der Waals surface area contributed by atoms with E-state index in [1.807, 2.05) is 43.4 Å². The fourth-order valence-electron chi connectivity index (χ4n) is 4.44. The lowest BCUT2D eigenvalue weighted by Gasteiger charge is -2.45. The highest BCUT2D eigenvalue weighted by Gasteiger charge is 2.42. The van der Waals surface area contributed by atoms with Crippen molar-refractivity contribution in [2.24, 2.45) is 7.05 Å². The molecule has 31 heavy (non-hydrogen) atoms. The van der Waals surface area contributed by atoms with Crippen LogP contribution in [0.4, 0.5) is 10.2 Å². The molecule has 5 rings (SSSR count). The Hall–Kier alpha value is -3.04. The number of nitrogens with one attached hydrogen (secondary N) is 1. The van der Waals surface area contributed by atoms with E-state index >= 15 is 0 Å². The van der Waals surface area contributed by atoms with Crippen molar-refractivity contribution in [2.75, 3.05) is 25.2 Å². The third kappa shape index (κ3) is 3.75. The van der Waals surface area contributed by atoms with Crippen molar-refractivity contribution in [3.05, 3.63) is 42.7 Å². The number of nitrogens with zero attached hydrogens (tertiary/aromatic N) is 5. The van der Waals surface area contributed by atoms with Crippen LogP contribution in [0, 0.1) is 0 Å². The van der Waals surface area contributed by atoms with Crippen LogP contribution in [0.15, 0.2) is 42.7 Å². The average molecular weight is 424 g/mol. The van der Waals surface area contributed by atoms with Crippen LogP contribution in [-0.2, 0) is 11.8 Å². The van der Waals surface area contributed by atoms with E-state index in [0.717, 1.165) is 11.1 Å². The number of anilines is 1. The van der Waals surface area contributed by atoms with Crippen molar-refractivity contribution in [2.45, 2.75) is 30.7 Å². The number of aryl methyl sites for hydroxylation is 1. The van der Waals surface area contributed by atoms with Gasteiger partial charge in [-0.15, -0.1) is 10.2 Å². The smallest absolute Gasteiger partial charge is 0.151 e. The van der Waals surface area contributed by atoms with Gasteiger partial charge in [0.05, 0.1) is 37.2 Å².